The number of carbonyl (C=O) groups excluding carboxylic acids is 3. The van der Waals surface area contributed by atoms with Crippen LogP contribution in [0.5, 0.6) is 0 Å². The second-order valence-corrected chi connectivity index (χ2v) is 12.7. The van der Waals surface area contributed by atoms with Crippen LogP contribution in [-0.2, 0) is 25.8 Å². The molecule has 1 aromatic heterocycles. The van der Waals surface area contributed by atoms with Gasteiger partial charge in [-0.3, -0.25) is 14.4 Å². The predicted molar refractivity (Wildman–Crippen MR) is 172 cm³/mol. The van der Waals surface area contributed by atoms with Crippen molar-refractivity contribution in [3.8, 4) is 0 Å². The number of hydrogen-bond acceptors (Lipinski definition) is 7. The third kappa shape index (κ3) is 4.93. The van der Waals surface area contributed by atoms with Gasteiger partial charge in [-0.15, -0.1) is 18.3 Å². The number of likely N-dealkylation sites (tertiary alicyclic amines) is 1. The lowest BCUT2D eigenvalue weighted by Crippen LogP contribution is -2.57. The molecule has 6 rings (SSSR count). The third-order valence-corrected chi connectivity index (χ3v) is 9.95. The maximum atomic E-state index is 15.0. The lowest BCUT2D eigenvalue weighted by Gasteiger charge is -2.39. The highest BCUT2D eigenvalue weighted by molar-refractivity contribution is 5.99. The van der Waals surface area contributed by atoms with E-state index in [0.717, 1.165) is 11.9 Å². The maximum Gasteiger partial charge on any atom is 0.250 e. The minimum Gasteiger partial charge on any atom is -0.394 e. The molecule has 6 atom stereocenters. The van der Waals surface area contributed by atoms with Gasteiger partial charge in [-0.25, -0.2) is 4.68 Å². The number of para-hydroxylation sites is 1. The molecule has 4 heterocycles. The number of hydrogen-bond donors (Lipinski definition) is 1. The Labute approximate surface area is 269 Å². The van der Waals surface area contributed by atoms with Crippen molar-refractivity contribution in [2.75, 3.05) is 26.2 Å². The molecule has 3 amide bonds. The number of ether oxygens (including phenoxy) is 1. The van der Waals surface area contributed by atoms with Crippen LogP contribution in [0.15, 0.2) is 79.9 Å². The average Bonchev–Trinajstić information content (AvgIpc) is 3.77. The molecule has 0 aliphatic carbocycles. The highest BCUT2D eigenvalue weighted by atomic mass is 16.5. The topological polar surface area (TPSA) is 121 Å². The molecule has 3 saturated heterocycles. The van der Waals surface area contributed by atoms with E-state index in [0.29, 0.717) is 37.0 Å². The van der Waals surface area contributed by atoms with E-state index in [2.05, 4.69) is 23.5 Å². The number of amides is 3. The van der Waals surface area contributed by atoms with E-state index < -0.39 is 41.7 Å². The summed E-state index contributed by atoms with van der Waals surface area (Å²) in [4.78, 5) is 49.0. The van der Waals surface area contributed by atoms with Gasteiger partial charge in [0.05, 0.1) is 35.6 Å². The van der Waals surface area contributed by atoms with Crippen molar-refractivity contribution in [3.05, 3.63) is 85.5 Å². The van der Waals surface area contributed by atoms with Crippen molar-refractivity contribution in [2.24, 2.45) is 11.8 Å². The average molecular weight is 627 g/mol. The van der Waals surface area contributed by atoms with Crippen LogP contribution in [0.25, 0.3) is 11.0 Å². The molecule has 11 heteroatoms. The van der Waals surface area contributed by atoms with Crippen molar-refractivity contribution in [3.63, 3.8) is 0 Å². The minimum atomic E-state index is -1.26. The molecular weight excluding hydrogens is 584 g/mol. The summed E-state index contributed by atoms with van der Waals surface area (Å²) in [5, 5.41) is 19.4. The molecule has 11 nitrogen and oxygen atoms in total. The predicted octanol–water partition coefficient (Wildman–Crippen LogP) is 3.33. The lowest BCUT2D eigenvalue weighted by atomic mass is 9.66. The van der Waals surface area contributed by atoms with E-state index in [1.165, 1.54) is 4.90 Å². The number of benzene rings is 2. The zero-order chi connectivity index (χ0) is 32.6. The Kier molecular flexibility index (Phi) is 8.56. The van der Waals surface area contributed by atoms with Gasteiger partial charge in [0.15, 0.2) is 0 Å². The summed E-state index contributed by atoms with van der Waals surface area (Å²) < 4.78 is 8.53. The highest BCUT2D eigenvalue weighted by Gasteiger charge is 2.79. The Bertz CT molecular complexity index is 1640. The monoisotopic (exact) mass is 626 g/mol. The normalized spacial score (nSPS) is 27.1. The largest absolute Gasteiger partial charge is 0.394 e. The minimum absolute atomic E-state index is 0.0585. The first-order valence-corrected chi connectivity index (χ1v) is 16.0. The Morgan fingerprint density at radius 3 is 2.46 bits per heavy atom. The molecule has 2 bridgehead atoms. The van der Waals surface area contributed by atoms with E-state index in [9.17, 15) is 14.7 Å². The molecule has 242 valence electrons. The van der Waals surface area contributed by atoms with Gasteiger partial charge in [-0.05, 0) is 43.9 Å². The van der Waals surface area contributed by atoms with Gasteiger partial charge in [-0.2, -0.15) is 0 Å². The van der Waals surface area contributed by atoms with Gasteiger partial charge in [-0.1, -0.05) is 66.8 Å². The number of aliphatic hydroxyl groups excluding tert-OH is 1. The van der Waals surface area contributed by atoms with E-state index in [4.69, 9.17) is 4.74 Å². The Balaban J connectivity index is 1.46. The summed E-state index contributed by atoms with van der Waals surface area (Å²) in [5.41, 5.74) is -0.0548. The fraction of sp³-hybridized carbons (Fsp3) is 0.457. The Hall–Kier alpha value is -4.35. The van der Waals surface area contributed by atoms with Crippen LogP contribution < -0.4 is 0 Å². The van der Waals surface area contributed by atoms with Crippen LogP contribution in [0.4, 0.5) is 0 Å². The molecule has 0 radical (unpaired) electrons. The van der Waals surface area contributed by atoms with E-state index >= 15 is 4.79 Å². The van der Waals surface area contributed by atoms with Crippen molar-refractivity contribution < 1.29 is 24.2 Å². The molecule has 3 aliphatic heterocycles. The van der Waals surface area contributed by atoms with Crippen molar-refractivity contribution >= 4 is 28.8 Å². The van der Waals surface area contributed by atoms with Gasteiger partial charge in [0.1, 0.15) is 23.8 Å². The van der Waals surface area contributed by atoms with Crippen molar-refractivity contribution in [1.29, 1.82) is 0 Å². The Morgan fingerprint density at radius 2 is 1.76 bits per heavy atom. The fourth-order valence-electron chi connectivity index (χ4n) is 8.03. The first-order valence-electron chi connectivity index (χ1n) is 16.0. The summed E-state index contributed by atoms with van der Waals surface area (Å²) >= 11 is 0. The first kappa shape index (κ1) is 31.6. The van der Waals surface area contributed by atoms with Crippen LogP contribution in [0.2, 0.25) is 0 Å². The quantitative estimate of drug-likeness (QED) is 0.289. The zero-order valence-corrected chi connectivity index (χ0v) is 26.5. The second kappa shape index (κ2) is 12.4. The number of rotatable bonds is 13. The molecule has 1 N–H and O–H groups in total. The van der Waals surface area contributed by atoms with Gasteiger partial charge >= 0.3 is 0 Å². The molecule has 3 aromatic rings. The Morgan fingerprint density at radius 1 is 1.07 bits per heavy atom. The number of aromatic nitrogens is 3. The van der Waals surface area contributed by atoms with Gasteiger partial charge in [0.2, 0.25) is 17.7 Å². The maximum absolute atomic E-state index is 15.0. The highest BCUT2D eigenvalue weighted by Crippen LogP contribution is 2.64. The van der Waals surface area contributed by atoms with E-state index in [1.54, 1.807) is 26.6 Å². The molecule has 2 unspecified atom stereocenters. The summed E-state index contributed by atoms with van der Waals surface area (Å²) in [7, 11) is 0. The molecule has 0 saturated carbocycles. The lowest BCUT2D eigenvalue weighted by molar-refractivity contribution is -0.157. The number of fused-ring (bicyclic) bond motifs is 2. The van der Waals surface area contributed by atoms with Crippen LogP contribution >= 0.6 is 0 Å². The molecule has 3 fully saturated rings. The van der Waals surface area contributed by atoms with Gasteiger partial charge < -0.3 is 24.5 Å². The number of aliphatic hydroxyl groups is 1. The summed E-state index contributed by atoms with van der Waals surface area (Å²) in [6, 6.07) is 14.7. The summed E-state index contributed by atoms with van der Waals surface area (Å²) in [6.07, 6.45) is 5.00. The molecule has 2 aromatic carbocycles. The van der Waals surface area contributed by atoms with Gasteiger partial charge in [0.25, 0.3) is 0 Å². The number of carbonyl (C=O) groups is 3. The SMILES string of the molecule is C=CCN(Cn1nnc2ccccc21)C(=O)C1N([C@H](CO)c2ccccc2)C(=O)[C@@H]2[C@@H](C(=O)N(CC=C)CCC)[C@@]3(C)CCC12O3. The summed E-state index contributed by atoms with van der Waals surface area (Å²) in [6.45, 7) is 12.3. The smallest absolute Gasteiger partial charge is 0.250 e. The standard InChI is InChI=1S/C35H42N6O5/c1-5-19-38(20-6-2)31(43)28-29-32(44)41(27(22-42)24-13-9-8-10-14-24)30(35(29)18-17-34(28,4)46-35)33(45)39(21-7-3)23-40-26-16-12-11-15-25(26)36-37-40/h5,7-16,27-30,42H,1,3,6,17-23H2,2,4H3/t27-,28+,29+,30?,34-,35?/m1/s1. The van der Waals surface area contributed by atoms with Crippen molar-refractivity contribution in [1.82, 2.24) is 29.7 Å². The van der Waals surface area contributed by atoms with Crippen LogP contribution in [0.1, 0.15) is 44.7 Å². The zero-order valence-electron chi connectivity index (χ0n) is 26.5. The second-order valence-electron chi connectivity index (χ2n) is 12.7. The van der Waals surface area contributed by atoms with E-state index in [1.807, 2.05) is 68.4 Å². The number of nitrogens with zero attached hydrogens (tertiary/aromatic N) is 6. The van der Waals surface area contributed by atoms with E-state index in [-0.39, 0.29) is 30.9 Å². The molecule has 3 aliphatic rings. The first-order chi connectivity index (χ1) is 22.2. The van der Waals surface area contributed by atoms with Crippen LogP contribution in [-0.4, -0.2) is 96.0 Å². The van der Waals surface area contributed by atoms with Crippen molar-refractivity contribution in [2.45, 2.75) is 63.1 Å². The van der Waals surface area contributed by atoms with Gasteiger partial charge in [0, 0.05) is 19.6 Å². The third-order valence-electron chi connectivity index (χ3n) is 9.95. The molecule has 46 heavy (non-hydrogen) atoms. The molecular formula is C35H42N6O5. The fourth-order valence-corrected chi connectivity index (χ4v) is 8.03. The van der Waals surface area contributed by atoms with Crippen LogP contribution in [0, 0.1) is 11.8 Å². The molecule has 1 spiro atoms. The van der Waals surface area contributed by atoms with Crippen LogP contribution in [0.3, 0.4) is 0 Å². The summed E-state index contributed by atoms with van der Waals surface area (Å²) in [5.74, 6) is -2.58.